The standard InChI is InChI=1S/C13H22N4OS/c1-9(7-11-6-5-10(2)19-11)17-13(15-4)16-8-12(18)14-3/h5-6,9H,7-8H2,1-4H3,(H,14,18)(H2,15,16,17). The second kappa shape index (κ2) is 7.78. The number of amides is 1. The van der Waals surface area contributed by atoms with E-state index in [-0.39, 0.29) is 18.5 Å². The van der Waals surface area contributed by atoms with Crippen LogP contribution < -0.4 is 16.0 Å². The average molecular weight is 282 g/mol. The molecule has 0 saturated carbocycles. The third-order valence-electron chi connectivity index (χ3n) is 2.61. The molecule has 1 heterocycles. The Bertz CT molecular complexity index is 442. The number of aryl methyl sites for hydroxylation is 1. The smallest absolute Gasteiger partial charge is 0.239 e. The Morgan fingerprint density at radius 3 is 2.74 bits per heavy atom. The van der Waals surface area contributed by atoms with Gasteiger partial charge in [0.15, 0.2) is 5.96 Å². The molecule has 1 unspecified atom stereocenters. The Labute approximate surface area is 118 Å². The molecule has 1 rings (SSSR count). The van der Waals surface area contributed by atoms with Gasteiger partial charge in [0.2, 0.25) is 5.91 Å². The van der Waals surface area contributed by atoms with Crippen LogP contribution in [0.25, 0.3) is 0 Å². The highest BCUT2D eigenvalue weighted by Gasteiger charge is 2.08. The first-order valence-corrected chi connectivity index (χ1v) is 7.10. The molecule has 0 bridgehead atoms. The lowest BCUT2D eigenvalue weighted by Gasteiger charge is -2.17. The van der Waals surface area contributed by atoms with Gasteiger partial charge in [-0.2, -0.15) is 0 Å². The van der Waals surface area contributed by atoms with Crippen molar-refractivity contribution in [1.29, 1.82) is 0 Å². The van der Waals surface area contributed by atoms with E-state index in [9.17, 15) is 4.79 Å². The summed E-state index contributed by atoms with van der Waals surface area (Å²) in [7, 11) is 3.31. The van der Waals surface area contributed by atoms with Crippen molar-refractivity contribution >= 4 is 23.2 Å². The third kappa shape index (κ3) is 5.74. The number of nitrogens with one attached hydrogen (secondary N) is 3. The number of likely N-dealkylation sites (N-methyl/N-ethyl adjacent to an activating group) is 1. The van der Waals surface area contributed by atoms with Gasteiger partial charge in [0.05, 0.1) is 6.54 Å². The van der Waals surface area contributed by atoms with Gasteiger partial charge >= 0.3 is 0 Å². The van der Waals surface area contributed by atoms with E-state index in [2.05, 4.69) is 46.9 Å². The second-order valence-electron chi connectivity index (χ2n) is 4.36. The van der Waals surface area contributed by atoms with Crippen molar-refractivity contribution in [3.05, 3.63) is 21.9 Å². The normalized spacial score (nSPS) is 12.9. The molecule has 1 aromatic rings. The molecule has 1 amide bonds. The van der Waals surface area contributed by atoms with E-state index in [1.807, 2.05) is 11.3 Å². The van der Waals surface area contributed by atoms with Crippen LogP contribution in [0.15, 0.2) is 17.1 Å². The molecule has 3 N–H and O–H groups in total. The van der Waals surface area contributed by atoms with Crippen LogP contribution in [0, 0.1) is 6.92 Å². The number of guanidine groups is 1. The quantitative estimate of drug-likeness (QED) is 0.555. The van der Waals surface area contributed by atoms with E-state index < -0.39 is 0 Å². The molecule has 6 heteroatoms. The van der Waals surface area contributed by atoms with Gasteiger partial charge in [0, 0.05) is 36.3 Å². The number of hydrogen-bond acceptors (Lipinski definition) is 3. The van der Waals surface area contributed by atoms with Crippen LogP contribution in [0.5, 0.6) is 0 Å². The molecular weight excluding hydrogens is 260 g/mol. The summed E-state index contributed by atoms with van der Waals surface area (Å²) in [4.78, 5) is 17.9. The van der Waals surface area contributed by atoms with Gasteiger partial charge in [-0.25, -0.2) is 0 Å². The highest BCUT2D eigenvalue weighted by atomic mass is 32.1. The maximum Gasteiger partial charge on any atom is 0.239 e. The molecule has 1 atom stereocenters. The summed E-state index contributed by atoms with van der Waals surface area (Å²) in [6.45, 7) is 4.43. The van der Waals surface area contributed by atoms with E-state index in [0.29, 0.717) is 5.96 Å². The Morgan fingerprint density at radius 1 is 1.47 bits per heavy atom. The van der Waals surface area contributed by atoms with Crippen molar-refractivity contribution < 1.29 is 4.79 Å². The lowest BCUT2D eigenvalue weighted by atomic mass is 10.2. The fourth-order valence-corrected chi connectivity index (χ4v) is 2.65. The monoisotopic (exact) mass is 282 g/mol. The van der Waals surface area contributed by atoms with Crippen LogP contribution in [0.1, 0.15) is 16.7 Å². The van der Waals surface area contributed by atoms with Crippen molar-refractivity contribution in [1.82, 2.24) is 16.0 Å². The molecule has 0 saturated heterocycles. The van der Waals surface area contributed by atoms with E-state index in [0.717, 1.165) is 6.42 Å². The van der Waals surface area contributed by atoms with E-state index in [4.69, 9.17) is 0 Å². The van der Waals surface area contributed by atoms with Crippen LogP contribution in [-0.4, -0.2) is 38.5 Å². The summed E-state index contributed by atoms with van der Waals surface area (Å²) in [6.07, 6.45) is 0.944. The topological polar surface area (TPSA) is 65.5 Å². The van der Waals surface area contributed by atoms with Crippen molar-refractivity contribution in [3.8, 4) is 0 Å². The summed E-state index contributed by atoms with van der Waals surface area (Å²) >= 11 is 1.81. The van der Waals surface area contributed by atoms with Gasteiger partial charge in [0.25, 0.3) is 0 Å². The lowest BCUT2D eigenvalue weighted by molar-refractivity contribution is -0.119. The largest absolute Gasteiger partial charge is 0.358 e. The minimum Gasteiger partial charge on any atom is -0.358 e. The predicted molar refractivity (Wildman–Crippen MR) is 80.8 cm³/mol. The van der Waals surface area contributed by atoms with Gasteiger partial charge in [0.1, 0.15) is 0 Å². The van der Waals surface area contributed by atoms with E-state index in [1.54, 1.807) is 14.1 Å². The summed E-state index contributed by atoms with van der Waals surface area (Å²) < 4.78 is 0. The van der Waals surface area contributed by atoms with Gasteiger partial charge in [-0.3, -0.25) is 9.79 Å². The minimum absolute atomic E-state index is 0.0653. The zero-order chi connectivity index (χ0) is 14.3. The highest BCUT2D eigenvalue weighted by molar-refractivity contribution is 7.11. The van der Waals surface area contributed by atoms with E-state index in [1.165, 1.54) is 9.75 Å². The third-order valence-corrected chi connectivity index (χ3v) is 3.63. The van der Waals surface area contributed by atoms with Gasteiger partial charge in [-0.1, -0.05) is 0 Å². The number of hydrogen-bond donors (Lipinski definition) is 3. The molecule has 0 aromatic carbocycles. The zero-order valence-electron chi connectivity index (χ0n) is 11.9. The lowest BCUT2D eigenvalue weighted by Crippen LogP contribution is -2.46. The molecule has 19 heavy (non-hydrogen) atoms. The minimum atomic E-state index is -0.0653. The van der Waals surface area contributed by atoms with Gasteiger partial charge < -0.3 is 16.0 Å². The van der Waals surface area contributed by atoms with Crippen molar-refractivity contribution in [2.75, 3.05) is 20.6 Å². The second-order valence-corrected chi connectivity index (χ2v) is 5.73. The van der Waals surface area contributed by atoms with Crippen LogP contribution >= 0.6 is 11.3 Å². The van der Waals surface area contributed by atoms with Crippen molar-refractivity contribution in [3.63, 3.8) is 0 Å². The molecule has 0 spiro atoms. The van der Waals surface area contributed by atoms with Crippen LogP contribution in [0.3, 0.4) is 0 Å². The first-order chi connectivity index (χ1) is 9.05. The Hall–Kier alpha value is -1.56. The molecule has 0 aliphatic carbocycles. The SMILES string of the molecule is CN=C(NCC(=O)NC)NC(C)Cc1ccc(C)s1. The van der Waals surface area contributed by atoms with Gasteiger partial charge in [-0.15, -0.1) is 11.3 Å². The molecular formula is C13H22N4OS. The Morgan fingerprint density at radius 2 is 2.21 bits per heavy atom. The van der Waals surface area contributed by atoms with Crippen LogP contribution in [-0.2, 0) is 11.2 Å². The maximum atomic E-state index is 11.2. The summed E-state index contributed by atoms with van der Waals surface area (Å²) in [5, 5.41) is 8.80. The average Bonchev–Trinajstić information content (AvgIpc) is 2.79. The number of carbonyl (C=O) groups excluding carboxylic acids is 1. The number of nitrogens with zero attached hydrogens (tertiary/aromatic N) is 1. The molecule has 5 nitrogen and oxygen atoms in total. The fourth-order valence-electron chi connectivity index (χ4n) is 1.63. The predicted octanol–water partition coefficient (Wildman–Crippen LogP) is 0.899. The van der Waals surface area contributed by atoms with Crippen molar-refractivity contribution in [2.45, 2.75) is 26.3 Å². The Balaban J connectivity index is 2.40. The first kappa shape index (κ1) is 15.5. The summed E-state index contributed by atoms with van der Waals surface area (Å²) in [6, 6.07) is 4.54. The fraction of sp³-hybridized carbons (Fsp3) is 0.538. The Kier molecular flexibility index (Phi) is 6.35. The molecule has 106 valence electrons. The zero-order valence-corrected chi connectivity index (χ0v) is 12.7. The number of aliphatic imine (C=N–C) groups is 1. The highest BCUT2D eigenvalue weighted by Crippen LogP contribution is 2.16. The van der Waals surface area contributed by atoms with Gasteiger partial charge in [-0.05, 0) is 26.0 Å². The number of thiophene rings is 1. The summed E-state index contributed by atoms with van der Waals surface area (Å²) in [5.41, 5.74) is 0. The number of carbonyl (C=O) groups is 1. The number of rotatable bonds is 5. The first-order valence-electron chi connectivity index (χ1n) is 6.28. The van der Waals surface area contributed by atoms with Crippen LogP contribution in [0.4, 0.5) is 0 Å². The molecule has 0 aliphatic heterocycles. The molecule has 0 radical (unpaired) electrons. The molecule has 0 aliphatic rings. The van der Waals surface area contributed by atoms with Crippen LogP contribution in [0.2, 0.25) is 0 Å². The van der Waals surface area contributed by atoms with Crippen molar-refractivity contribution in [2.24, 2.45) is 4.99 Å². The molecule has 1 aromatic heterocycles. The van der Waals surface area contributed by atoms with E-state index >= 15 is 0 Å². The summed E-state index contributed by atoms with van der Waals surface area (Å²) in [5.74, 6) is 0.578. The maximum absolute atomic E-state index is 11.2. The molecule has 0 fully saturated rings.